The summed E-state index contributed by atoms with van der Waals surface area (Å²) in [5, 5.41) is 0. The van der Waals surface area contributed by atoms with E-state index < -0.39 is 0 Å². The topological polar surface area (TPSA) is 3.01 Å². The highest BCUT2D eigenvalue weighted by Gasteiger charge is 2.54. The van der Waals surface area contributed by atoms with E-state index in [0.29, 0.717) is 18.1 Å². The van der Waals surface area contributed by atoms with E-state index in [1.165, 1.54) is 30.4 Å². The van der Waals surface area contributed by atoms with Crippen molar-refractivity contribution < 1.29 is 0 Å². The summed E-state index contributed by atoms with van der Waals surface area (Å²) >= 11 is 0. The second-order valence-electron chi connectivity index (χ2n) is 6.58. The zero-order valence-electron chi connectivity index (χ0n) is 12.9. The van der Waals surface area contributed by atoms with Gasteiger partial charge in [0.1, 0.15) is 0 Å². The first-order chi connectivity index (χ1) is 10.9. The summed E-state index contributed by atoms with van der Waals surface area (Å²) < 4.78 is 0. The lowest BCUT2D eigenvalue weighted by Gasteiger charge is -2.28. The summed E-state index contributed by atoms with van der Waals surface area (Å²) in [4.78, 5) is 2.67. The zero-order chi connectivity index (χ0) is 14.9. The molecule has 0 amide bonds. The third-order valence-electron chi connectivity index (χ3n) is 5.35. The Balaban J connectivity index is 1.70. The third kappa shape index (κ3) is 2.30. The molecule has 1 saturated heterocycles. The summed E-state index contributed by atoms with van der Waals surface area (Å²) in [6.07, 6.45) is 6.34. The maximum absolute atomic E-state index is 4.09. The average Bonchev–Trinajstić information content (AvgIpc) is 3.21. The minimum Gasteiger partial charge on any atom is -0.279 e. The SMILES string of the molecule is C=C[C@H]1[C@@H](C2CCC2)N1C(c1ccccc1)c1ccccc1. The highest BCUT2D eigenvalue weighted by Crippen LogP contribution is 2.50. The van der Waals surface area contributed by atoms with Gasteiger partial charge in [0.05, 0.1) is 6.04 Å². The van der Waals surface area contributed by atoms with Gasteiger partial charge in [-0.1, -0.05) is 73.2 Å². The van der Waals surface area contributed by atoms with Crippen LogP contribution in [0, 0.1) is 5.92 Å². The van der Waals surface area contributed by atoms with Gasteiger partial charge in [0.15, 0.2) is 0 Å². The monoisotopic (exact) mass is 289 g/mol. The lowest BCUT2D eigenvalue weighted by Crippen LogP contribution is -2.23. The van der Waals surface area contributed by atoms with E-state index >= 15 is 0 Å². The van der Waals surface area contributed by atoms with Crippen LogP contribution in [0.2, 0.25) is 0 Å². The molecule has 1 unspecified atom stereocenters. The first-order valence-corrected chi connectivity index (χ1v) is 8.40. The lowest BCUT2D eigenvalue weighted by molar-refractivity contribution is 0.259. The van der Waals surface area contributed by atoms with Gasteiger partial charge in [0.2, 0.25) is 0 Å². The minimum atomic E-state index is 0.357. The van der Waals surface area contributed by atoms with Crippen LogP contribution in [0.15, 0.2) is 73.3 Å². The van der Waals surface area contributed by atoms with Gasteiger partial charge in [-0.05, 0) is 29.9 Å². The van der Waals surface area contributed by atoms with E-state index in [9.17, 15) is 0 Å². The minimum absolute atomic E-state index is 0.357. The maximum atomic E-state index is 4.09. The van der Waals surface area contributed by atoms with E-state index in [4.69, 9.17) is 0 Å². The van der Waals surface area contributed by atoms with E-state index in [1.54, 1.807) is 0 Å². The standard InChI is InChI=1S/C21H23N/c1-2-19-21(18-14-9-15-18)22(19)20(16-10-5-3-6-11-16)17-12-7-4-8-13-17/h2-8,10-13,18-21H,1,9,14-15H2/t19-,21+,22?/m0/s1. The molecule has 0 spiro atoms. The number of nitrogens with zero attached hydrogens (tertiary/aromatic N) is 1. The molecule has 22 heavy (non-hydrogen) atoms. The molecular weight excluding hydrogens is 266 g/mol. The molecule has 0 N–H and O–H groups in total. The lowest BCUT2D eigenvalue weighted by atomic mass is 9.81. The van der Waals surface area contributed by atoms with Gasteiger partial charge in [0.25, 0.3) is 0 Å². The fraction of sp³-hybridized carbons (Fsp3) is 0.333. The molecule has 112 valence electrons. The smallest absolute Gasteiger partial charge is 0.0611 e. The van der Waals surface area contributed by atoms with Crippen molar-refractivity contribution in [3.05, 3.63) is 84.4 Å². The van der Waals surface area contributed by atoms with Crippen LogP contribution in [-0.4, -0.2) is 17.0 Å². The van der Waals surface area contributed by atoms with Crippen LogP contribution >= 0.6 is 0 Å². The Kier molecular flexibility index (Phi) is 3.59. The van der Waals surface area contributed by atoms with Crippen LogP contribution in [0.1, 0.15) is 36.4 Å². The maximum Gasteiger partial charge on any atom is 0.0611 e. The molecular formula is C21H23N. The van der Waals surface area contributed by atoms with Gasteiger partial charge in [-0.3, -0.25) is 4.90 Å². The van der Waals surface area contributed by atoms with Crippen LogP contribution in [0.4, 0.5) is 0 Å². The van der Waals surface area contributed by atoms with Gasteiger partial charge in [0, 0.05) is 12.1 Å². The second-order valence-corrected chi connectivity index (χ2v) is 6.58. The summed E-state index contributed by atoms with van der Waals surface area (Å²) in [5.74, 6) is 0.873. The van der Waals surface area contributed by atoms with Gasteiger partial charge in [-0.25, -0.2) is 0 Å². The molecule has 1 aliphatic heterocycles. The summed E-state index contributed by atoms with van der Waals surface area (Å²) in [7, 11) is 0. The zero-order valence-corrected chi connectivity index (χ0v) is 12.9. The largest absolute Gasteiger partial charge is 0.279 e. The molecule has 4 rings (SSSR count). The van der Waals surface area contributed by atoms with E-state index in [0.717, 1.165) is 5.92 Å². The van der Waals surface area contributed by atoms with Crippen LogP contribution in [0.5, 0.6) is 0 Å². The molecule has 2 aromatic carbocycles. The Bertz CT molecular complexity index is 590. The van der Waals surface area contributed by atoms with Gasteiger partial charge in [-0.2, -0.15) is 0 Å². The van der Waals surface area contributed by atoms with Crippen LogP contribution in [0.3, 0.4) is 0 Å². The van der Waals surface area contributed by atoms with Gasteiger partial charge >= 0.3 is 0 Å². The first kappa shape index (κ1) is 13.8. The normalized spacial score (nSPS) is 27.4. The Morgan fingerprint density at radius 3 is 1.86 bits per heavy atom. The highest BCUT2D eigenvalue weighted by atomic mass is 15.4. The third-order valence-corrected chi connectivity index (χ3v) is 5.35. The highest BCUT2D eigenvalue weighted by molar-refractivity contribution is 5.36. The van der Waals surface area contributed by atoms with Gasteiger partial charge in [-0.15, -0.1) is 6.58 Å². The Morgan fingerprint density at radius 2 is 1.45 bits per heavy atom. The van der Waals surface area contributed by atoms with E-state index in [2.05, 4.69) is 78.2 Å². The van der Waals surface area contributed by atoms with Crippen LogP contribution in [0.25, 0.3) is 0 Å². The summed E-state index contributed by atoms with van der Waals surface area (Å²) in [6, 6.07) is 23.4. The van der Waals surface area contributed by atoms with Crippen molar-refractivity contribution in [1.29, 1.82) is 0 Å². The molecule has 1 aliphatic carbocycles. The number of rotatable bonds is 5. The molecule has 1 nitrogen and oxygen atoms in total. The molecule has 0 bridgehead atoms. The molecule has 0 radical (unpaired) electrons. The summed E-state index contributed by atoms with van der Waals surface area (Å²) in [6.45, 7) is 4.09. The molecule has 2 aromatic rings. The van der Waals surface area contributed by atoms with Crippen molar-refractivity contribution in [3.63, 3.8) is 0 Å². The van der Waals surface area contributed by atoms with Crippen molar-refractivity contribution in [2.75, 3.05) is 0 Å². The Hall–Kier alpha value is -1.86. The molecule has 2 aliphatic rings. The average molecular weight is 289 g/mol. The van der Waals surface area contributed by atoms with Crippen molar-refractivity contribution in [2.45, 2.75) is 37.4 Å². The van der Waals surface area contributed by atoms with Crippen molar-refractivity contribution in [1.82, 2.24) is 4.90 Å². The molecule has 0 aromatic heterocycles. The first-order valence-electron chi connectivity index (χ1n) is 8.40. The van der Waals surface area contributed by atoms with Crippen molar-refractivity contribution in [2.24, 2.45) is 5.92 Å². The van der Waals surface area contributed by atoms with E-state index in [-0.39, 0.29) is 0 Å². The molecule has 1 heterocycles. The molecule has 3 atom stereocenters. The Morgan fingerprint density at radius 1 is 0.909 bits per heavy atom. The fourth-order valence-electron chi connectivity index (χ4n) is 4.00. The number of hydrogen-bond donors (Lipinski definition) is 0. The molecule has 1 saturated carbocycles. The summed E-state index contributed by atoms with van der Waals surface area (Å²) in [5.41, 5.74) is 2.78. The second kappa shape index (κ2) is 5.73. The van der Waals surface area contributed by atoms with Crippen LogP contribution in [-0.2, 0) is 0 Å². The van der Waals surface area contributed by atoms with Crippen molar-refractivity contribution in [3.8, 4) is 0 Å². The Labute approximate surface area is 133 Å². The van der Waals surface area contributed by atoms with Crippen LogP contribution < -0.4 is 0 Å². The predicted octanol–water partition coefficient (Wildman–Crippen LogP) is 4.81. The predicted molar refractivity (Wildman–Crippen MR) is 91.7 cm³/mol. The number of benzene rings is 2. The van der Waals surface area contributed by atoms with Crippen molar-refractivity contribution >= 4 is 0 Å². The van der Waals surface area contributed by atoms with Gasteiger partial charge < -0.3 is 0 Å². The molecule has 1 heteroatoms. The fourth-order valence-corrected chi connectivity index (χ4v) is 4.00. The number of hydrogen-bond acceptors (Lipinski definition) is 1. The van der Waals surface area contributed by atoms with E-state index in [1.807, 2.05) is 0 Å². The molecule has 2 fully saturated rings. The quantitative estimate of drug-likeness (QED) is 0.563.